The number of hydrogen-bond acceptors (Lipinski definition) is 6. The molecule has 2 rings (SSSR count). The smallest absolute Gasteiger partial charge is 0.316 e. The Morgan fingerprint density at radius 3 is 2.88 bits per heavy atom. The molecule has 0 saturated heterocycles. The lowest BCUT2D eigenvalue weighted by Gasteiger charge is -1.96. The van der Waals surface area contributed by atoms with Crippen LogP contribution in [-0.4, -0.2) is 30.9 Å². The summed E-state index contributed by atoms with van der Waals surface area (Å²) in [5, 5.41) is 8.29. The lowest BCUT2D eigenvalue weighted by molar-refractivity contribution is 0.295. The molecule has 0 aliphatic carbocycles. The van der Waals surface area contributed by atoms with Crippen molar-refractivity contribution in [1.82, 2.24) is 4.98 Å². The second-order valence-electron chi connectivity index (χ2n) is 3.60. The zero-order chi connectivity index (χ0) is 12.5. The highest BCUT2D eigenvalue weighted by molar-refractivity contribution is 7.91. The van der Waals surface area contributed by atoms with E-state index in [1.807, 2.05) is 0 Å². The second kappa shape index (κ2) is 4.34. The Labute approximate surface area is 98.0 Å². The predicted octanol–water partition coefficient (Wildman–Crippen LogP) is 0.566. The summed E-state index contributed by atoms with van der Waals surface area (Å²) in [7, 11) is -3.58. The number of sulfone groups is 1. The van der Waals surface area contributed by atoms with Gasteiger partial charge in [-0.1, -0.05) is 0 Å². The highest BCUT2D eigenvalue weighted by Gasteiger charge is 2.21. The average Bonchev–Trinajstić information content (AvgIpc) is 2.70. The largest absolute Gasteiger partial charge is 0.428 e. The third-order valence-corrected chi connectivity index (χ3v) is 3.76. The molecule has 6 nitrogen and oxygen atoms in total. The van der Waals surface area contributed by atoms with Crippen LogP contribution in [0.3, 0.4) is 0 Å². The highest BCUT2D eigenvalue weighted by atomic mass is 32.2. The number of nitrogens with two attached hydrogens (primary N) is 1. The quantitative estimate of drug-likeness (QED) is 0.774. The molecule has 7 heteroatoms. The first-order valence-electron chi connectivity index (χ1n) is 5.02. The minimum Gasteiger partial charge on any atom is -0.428 e. The molecule has 2 aromatic rings. The number of aliphatic hydroxyl groups excluding tert-OH is 1. The molecule has 0 aliphatic rings. The molecule has 0 amide bonds. The Morgan fingerprint density at radius 2 is 2.18 bits per heavy atom. The van der Waals surface area contributed by atoms with Gasteiger partial charge in [0, 0.05) is 12.3 Å². The molecule has 0 unspecified atom stereocenters. The van der Waals surface area contributed by atoms with Gasteiger partial charge in [0.1, 0.15) is 5.52 Å². The van der Waals surface area contributed by atoms with Crippen molar-refractivity contribution in [2.24, 2.45) is 0 Å². The Hall–Kier alpha value is -1.60. The molecule has 0 atom stereocenters. The number of anilines is 1. The van der Waals surface area contributed by atoms with Gasteiger partial charge in [-0.2, -0.15) is 4.98 Å². The van der Waals surface area contributed by atoms with E-state index in [-0.39, 0.29) is 24.0 Å². The van der Waals surface area contributed by atoms with Crippen molar-refractivity contribution in [3.8, 4) is 0 Å². The Balaban J connectivity index is 2.43. The van der Waals surface area contributed by atoms with E-state index in [9.17, 15) is 8.42 Å². The van der Waals surface area contributed by atoms with Crippen molar-refractivity contribution in [1.29, 1.82) is 0 Å². The van der Waals surface area contributed by atoms with Crippen LogP contribution in [0.2, 0.25) is 0 Å². The second-order valence-corrected chi connectivity index (χ2v) is 5.59. The number of hydrogen-bond donors (Lipinski definition) is 2. The van der Waals surface area contributed by atoms with Gasteiger partial charge in [0.15, 0.2) is 5.58 Å². The van der Waals surface area contributed by atoms with Crippen LogP contribution in [0.1, 0.15) is 6.42 Å². The number of rotatable bonds is 4. The van der Waals surface area contributed by atoms with Crippen molar-refractivity contribution in [3.05, 3.63) is 18.2 Å². The van der Waals surface area contributed by atoms with Gasteiger partial charge in [-0.05, 0) is 24.6 Å². The summed E-state index contributed by atoms with van der Waals surface area (Å²) in [5.74, 6) is -0.189. The molecular formula is C10H12N2O4S. The number of aliphatic hydroxyl groups is 1. The molecule has 0 spiro atoms. The van der Waals surface area contributed by atoms with Gasteiger partial charge in [0.05, 0.1) is 5.75 Å². The molecule has 0 fully saturated rings. The van der Waals surface area contributed by atoms with E-state index in [0.29, 0.717) is 16.8 Å². The first-order valence-corrected chi connectivity index (χ1v) is 6.68. The van der Waals surface area contributed by atoms with Crippen molar-refractivity contribution in [2.45, 2.75) is 11.6 Å². The van der Waals surface area contributed by atoms with Crippen LogP contribution in [0.25, 0.3) is 11.1 Å². The molecule has 92 valence electrons. The van der Waals surface area contributed by atoms with Gasteiger partial charge in [-0.15, -0.1) is 0 Å². The van der Waals surface area contributed by atoms with Crippen LogP contribution in [0.15, 0.2) is 27.8 Å². The fraction of sp³-hybridized carbons (Fsp3) is 0.300. The summed E-state index contributed by atoms with van der Waals surface area (Å²) in [6.07, 6.45) is 0.156. The standard InChI is InChI=1S/C10H12N2O4S/c11-7-2-3-9-8(6-7)12-10(16-9)17(14,15)5-1-4-13/h2-3,6,13H,1,4-5,11H2. The number of benzene rings is 1. The van der Waals surface area contributed by atoms with Crippen molar-refractivity contribution >= 4 is 26.6 Å². The number of fused-ring (bicyclic) bond motifs is 1. The molecule has 1 heterocycles. The van der Waals surface area contributed by atoms with Crippen LogP contribution in [0.5, 0.6) is 0 Å². The van der Waals surface area contributed by atoms with Crippen LogP contribution < -0.4 is 5.73 Å². The van der Waals surface area contributed by atoms with E-state index in [0.717, 1.165) is 0 Å². The van der Waals surface area contributed by atoms with Gasteiger partial charge in [-0.3, -0.25) is 0 Å². The first kappa shape index (κ1) is 11.9. The van der Waals surface area contributed by atoms with Crippen molar-refractivity contribution in [3.63, 3.8) is 0 Å². The van der Waals surface area contributed by atoms with Crippen molar-refractivity contribution < 1.29 is 17.9 Å². The topological polar surface area (TPSA) is 106 Å². The Bertz CT molecular complexity index is 633. The number of nitrogens with zero attached hydrogens (tertiary/aromatic N) is 1. The third-order valence-electron chi connectivity index (χ3n) is 2.23. The lowest BCUT2D eigenvalue weighted by atomic mass is 10.3. The molecule has 3 N–H and O–H groups in total. The summed E-state index contributed by atoms with van der Waals surface area (Å²) >= 11 is 0. The number of oxazole rings is 1. The lowest BCUT2D eigenvalue weighted by Crippen LogP contribution is -2.08. The Kier molecular flexibility index (Phi) is 3.03. The molecule has 1 aromatic heterocycles. The molecule has 0 aliphatic heterocycles. The molecule has 0 radical (unpaired) electrons. The highest BCUT2D eigenvalue weighted by Crippen LogP contribution is 2.21. The van der Waals surface area contributed by atoms with E-state index in [2.05, 4.69) is 4.98 Å². The minimum absolute atomic E-state index is 0.156. The van der Waals surface area contributed by atoms with Gasteiger partial charge in [0.25, 0.3) is 0 Å². The maximum Gasteiger partial charge on any atom is 0.316 e. The van der Waals surface area contributed by atoms with E-state index >= 15 is 0 Å². The summed E-state index contributed by atoms with van der Waals surface area (Å²) < 4.78 is 28.6. The first-order chi connectivity index (χ1) is 8.03. The van der Waals surface area contributed by atoms with Gasteiger partial charge >= 0.3 is 5.22 Å². The van der Waals surface area contributed by atoms with E-state index in [4.69, 9.17) is 15.3 Å². The van der Waals surface area contributed by atoms with Crippen LogP contribution in [0.4, 0.5) is 5.69 Å². The normalized spacial score (nSPS) is 12.1. The van der Waals surface area contributed by atoms with E-state index in [1.54, 1.807) is 18.2 Å². The van der Waals surface area contributed by atoms with Gasteiger partial charge in [0.2, 0.25) is 9.84 Å². The minimum atomic E-state index is -3.58. The predicted molar refractivity (Wildman–Crippen MR) is 62.2 cm³/mol. The number of aromatic nitrogens is 1. The maximum atomic E-state index is 11.7. The Morgan fingerprint density at radius 1 is 1.41 bits per heavy atom. The summed E-state index contributed by atoms with van der Waals surface area (Å²) in [4.78, 5) is 3.88. The van der Waals surface area contributed by atoms with Crippen LogP contribution in [-0.2, 0) is 9.84 Å². The van der Waals surface area contributed by atoms with E-state index < -0.39 is 9.84 Å². The average molecular weight is 256 g/mol. The summed E-state index contributed by atoms with van der Waals surface area (Å²) in [5.41, 5.74) is 6.84. The van der Waals surface area contributed by atoms with Gasteiger partial charge in [-0.25, -0.2) is 8.42 Å². The number of nitrogen functional groups attached to an aromatic ring is 1. The zero-order valence-electron chi connectivity index (χ0n) is 8.96. The van der Waals surface area contributed by atoms with Gasteiger partial charge < -0.3 is 15.3 Å². The fourth-order valence-corrected chi connectivity index (χ4v) is 2.54. The fourth-order valence-electron chi connectivity index (χ4n) is 1.40. The van der Waals surface area contributed by atoms with Crippen molar-refractivity contribution in [2.75, 3.05) is 18.1 Å². The SMILES string of the molecule is Nc1ccc2oc(S(=O)(=O)CCCO)nc2c1. The monoisotopic (exact) mass is 256 g/mol. The zero-order valence-corrected chi connectivity index (χ0v) is 9.77. The summed E-state index contributed by atoms with van der Waals surface area (Å²) in [6, 6.07) is 4.73. The molecule has 17 heavy (non-hydrogen) atoms. The molecular weight excluding hydrogens is 244 g/mol. The van der Waals surface area contributed by atoms with E-state index in [1.165, 1.54) is 0 Å². The molecule has 0 bridgehead atoms. The van der Waals surface area contributed by atoms with Crippen LogP contribution >= 0.6 is 0 Å². The van der Waals surface area contributed by atoms with Crippen LogP contribution in [0, 0.1) is 0 Å². The summed E-state index contributed by atoms with van der Waals surface area (Å²) in [6.45, 7) is -0.188. The molecule has 0 saturated carbocycles. The molecule has 1 aromatic carbocycles. The maximum absolute atomic E-state index is 11.7. The third kappa shape index (κ3) is 2.40.